The van der Waals surface area contributed by atoms with Crippen molar-refractivity contribution in [1.29, 1.82) is 0 Å². The highest BCUT2D eigenvalue weighted by Gasteiger charge is 2.25. The Kier molecular flexibility index (Phi) is 6.20. The lowest BCUT2D eigenvalue weighted by molar-refractivity contribution is -0.121. The third-order valence-electron chi connectivity index (χ3n) is 5.51. The Morgan fingerprint density at radius 3 is 2.61 bits per heavy atom. The maximum Gasteiger partial charge on any atom is 0.220 e. The highest BCUT2D eigenvalue weighted by Crippen LogP contribution is 2.28. The molecule has 1 unspecified atom stereocenters. The Bertz CT molecular complexity index is 892. The van der Waals surface area contributed by atoms with Crippen molar-refractivity contribution in [3.8, 4) is 0 Å². The van der Waals surface area contributed by atoms with Gasteiger partial charge in [-0.25, -0.2) is 0 Å². The highest BCUT2D eigenvalue weighted by molar-refractivity contribution is 7.07. The van der Waals surface area contributed by atoms with Gasteiger partial charge in [-0.3, -0.25) is 9.69 Å². The summed E-state index contributed by atoms with van der Waals surface area (Å²) in [6, 6.07) is 21.3. The Hall–Kier alpha value is -2.43. The van der Waals surface area contributed by atoms with Crippen LogP contribution in [0.2, 0.25) is 0 Å². The Morgan fingerprint density at radius 1 is 1.04 bits per heavy atom. The largest absolute Gasteiger partial charge is 0.354 e. The van der Waals surface area contributed by atoms with Crippen LogP contribution in [0.25, 0.3) is 0 Å². The van der Waals surface area contributed by atoms with Crippen molar-refractivity contribution in [3.63, 3.8) is 0 Å². The van der Waals surface area contributed by atoms with Crippen molar-refractivity contribution in [3.05, 3.63) is 93.7 Å². The van der Waals surface area contributed by atoms with Gasteiger partial charge in [-0.05, 0) is 51.9 Å². The fraction of sp³-hybridized carbons (Fsp3) is 0.292. The van der Waals surface area contributed by atoms with Gasteiger partial charge in [0, 0.05) is 26.1 Å². The van der Waals surface area contributed by atoms with Crippen molar-refractivity contribution in [2.75, 3.05) is 13.1 Å². The molecule has 4 rings (SSSR count). The van der Waals surface area contributed by atoms with E-state index in [-0.39, 0.29) is 11.9 Å². The lowest BCUT2D eigenvalue weighted by atomic mass is 9.97. The molecule has 1 amide bonds. The number of aryl methyl sites for hydroxylation is 1. The quantitative estimate of drug-likeness (QED) is 0.640. The number of hydrogen-bond donors (Lipinski definition) is 1. The number of carbonyl (C=O) groups excluding carboxylic acids is 1. The predicted molar refractivity (Wildman–Crippen MR) is 115 cm³/mol. The van der Waals surface area contributed by atoms with E-state index in [2.05, 4.69) is 63.4 Å². The summed E-state index contributed by atoms with van der Waals surface area (Å²) in [6.07, 6.45) is 2.38. The monoisotopic (exact) mass is 390 g/mol. The molecule has 144 valence electrons. The standard InChI is InChI=1S/C24H26N2OS/c27-24(11-10-19-6-2-1-3-7-19)25-16-23(22-13-15-28-18-22)26-14-12-20-8-4-5-9-21(20)17-26/h1-9,13,15,18,23H,10-12,14,16-17H2,(H,25,27). The molecule has 1 aliphatic rings. The van der Waals surface area contributed by atoms with Crippen molar-refractivity contribution in [1.82, 2.24) is 10.2 Å². The van der Waals surface area contributed by atoms with Crippen LogP contribution >= 0.6 is 11.3 Å². The van der Waals surface area contributed by atoms with E-state index < -0.39 is 0 Å². The van der Waals surface area contributed by atoms with Gasteiger partial charge < -0.3 is 5.32 Å². The summed E-state index contributed by atoms with van der Waals surface area (Å²) in [5.41, 5.74) is 5.37. The third-order valence-corrected chi connectivity index (χ3v) is 6.21. The zero-order chi connectivity index (χ0) is 19.2. The van der Waals surface area contributed by atoms with E-state index in [9.17, 15) is 4.79 Å². The molecule has 2 heterocycles. The van der Waals surface area contributed by atoms with E-state index in [1.165, 1.54) is 22.3 Å². The minimum Gasteiger partial charge on any atom is -0.354 e. The van der Waals surface area contributed by atoms with Crippen molar-refractivity contribution < 1.29 is 4.79 Å². The molecule has 2 aromatic carbocycles. The fourth-order valence-electron chi connectivity index (χ4n) is 3.91. The third kappa shape index (κ3) is 4.70. The maximum atomic E-state index is 12.4. The molecule has 3 aromatic rings. The fourth-order valence-corrected chi connectivity index (χ4v) is 4.61. The second kappa shape index (κ2) is 9.18. The van der Waals surface area contributed by atoms with E-state index in [1.807, 2.05) is 18.2 Å². The number of thiophene rings is 1. The molecule has 0 spiro atoms. The van der Waals surface area contributed by atoms with Crippen LogP contribution < -0.4 is 5.32 Å². The van der Waals surface area contributed by atoms with Crippen molar-refractivity contribution >= 4 is 17.2 Å². The highest BCUT2D eigenvalue weighted by atomic mass is 32.1. The molecule has 0 radical (unpaired) electrons. The van der Waals surface area contributed by atoms with Crippen molar-refractivity contribution in [2.24, 2.45) is 0 Å². The topological polar surface area (TPSA) is 32.3 Å². The predicted octanol–water partition coefficient (Wildman–Crippen LogP) is 4.60. The first-order valence-electron chi connectivity index (χ1n) is 9.93. The summed E-state index contributed by atoms with van der Waals surface area (Å²) in [4.78, 5) is 14.9. The number of amides is 1. The summed E-state index contributed by atoms with van der Waals surface area (Å²) in [5, 5.41) is 7.52. The van der Waals surface area contributed by atoms with E-state index >= 15 is 0 Å². The molecule has 28 heavy (non-hydrogen) atoms. The van der Waals surface area contributed by atoms with Crippen LogP contribution in [0, 0.1) is 0 Å². The van der Waals surface area contributed by atoms with Crippen LogP contribution in [0.4, 0.5) is 0 Å². The van der Waals surface area contributed by atoms with Gasteiger partial charge in [0.05, 0.1) is 6.04 Å². The van der Waals surface area contributed by atoms with Gasteiger partial charge in [0.1, 0.15) is 0 Å². The Morgan fingerprint density at radius 2 is 1.82 bits per heavy atom. The molecule has 0 fully saturated rings. The molecule has 1 aliphatic heterocycles. The minimum absolute atomic E-state index is 0.126. The number of fused-ring (bicyclic) bond motifs is 1. The van der Waals surface area contributed by atoms with Gasteiger partial charge in [-0.2, -0.15) is 11.3 Å². The molecule has 0 saturated carbocycles. The molecule has 0 aliphatic carbocycles. The van der Waals surface area contributed by atoms with Gasteiger partial charge in [-0.15, -0.1) is 0 Å². The molecule has 1 N–H and O–H groups in total. The Labute approximate surface area is 171 Å². The number of rotatable bonds is 7. The lowest BCUT2D eigenvalue weighted by Crippen LogP contribution is -2.40. The second-order valence-corrected chi connectivity index (χ2v) is 8.13. The summed E-state index contributed by atoms with van der Waals surface area (Å²) >= 11 is 1.72. The zero-order valence-electron chi connectivity index (χ0n) is 16.0. The van der Waals surface area contributed by atoms with E-state index in [1.54, 1.807) is 11.3 Å². The van der Waals surface area contributed by atoms with Gasteiger partial charge in [0.25, 0.3) is 0 Å². The minimum atomic E-state index is 0.126. The van der Waals surface area contributed by atoms with Crippen LogP contribution in [0.1, 0.15) is 34.7 Å². The van der Waals surface area contributed by atoms with Crippen LogP contribution in [0.5, 0.6) is 0 Å². The van der Waals surface area contributed by atoms with E-state index in [4.69, 9.17) is 0 Å². The molecule has 0 saturated heterocycles. The lowest BCUT2D eigenvalue weighted by Gasteiger charge is -2.35. The maximum absolute atomic E-state index is 12.4. The SMILES string of the molecule is O=C(CCc1ccccc1)NCC(c1ccsc1)N1CCc2ccccc2C1. The first-order chi connectivity index (χ1) is 13.8. The van der Waals surface area contributed by atoms with Gasteiger partial charge in [0.2, 0.25) is 5.91 Å². The van der Waals surface area contributed by atoms with Crippen LogP contribution in [-0.2, 0) is 24.2 Å². The van der Waals surface area contributed by atoms with Gasteiger partial charge in [0.15, 0.2) is 0 Å². The molecular weight excluding hydrogens is 364 g/mol. The average molecular weight is 391 g/mol. The van der Waals surface area contributed by atoms with Gasteiger partial charge in [-0.1, -0.05) is 54.6 Å². The normalized spacial score (nSPS) is 15.0. The number of nitrogens with zero attached hydrogens (tertiary/aromatic N) is 1. The molecular formula is C24H26N2OS. The first-order valence-corrected chi connectivity index (χ1v) is 10.9. The number of carbonyl (C=O) groups is 1. The summed E-state index contributed by atoms with van der Waals surface area (Å²) in [5.74, 6) is 0.126. The van der Waals surface area contributed by atoms with Crippen LogP contribution in [-0.4, -0.2) is 23.9 Å². The zero-order valence-corrected chi connectivity index (χ0v) is 16.8. The van der Waals surface area contributed by atoms with E-state index in [0.29, 0.717) is 13.0 Å². The molecule has 0 bridgehead atoms. The number of nitrogens with one attached hydrogen (secondary N) is 1. The summed E-state index contributed by atoms with van der Waals surface area (Å²) < 4.78 is 0. The molecule has 1 atom stereocenters. The number of benzene rings is 2. The summed E-state index contributed by atoms with van der Waals surface area (Å²) in [7, 11) is 0. The van der Waals surface area contributed by atoms with E-state index in [0.717, 1.165) is 25.9 Å². The molecule has 1 aromatic heterocycles. The molecule has 4 heteroatoms. The second-order valence-electron chi connectivity index (χ2n) is 7.35. The average Bonchev–Trinajstić information content (AvgIpc) is 3.27. The first kappa shape index (κ1) is 18.9. The van der Waals surface area contributed by atoms with Crippen LogP contribution in [0.3, 0.4) is 0 Å². The number of hydrogen-bond acceptors (Lipinski definition) is 3. The summed E-state index contributed by atoms with van der Waals surface area (Å²) in [6.45, 7) is 2.63. The molecule has 3 nitrogen and oxygen atoms in total. The Balaban J connectivity index is 1.38. The smallest absolute Gasteiger partial charge is 0.220 e. The van der Waals surface area contributed by atoms with Crippen LogP contribution in [0.15, 0.2) is 71.4 Å². The van der Waals surface area contributed by atoms with Gasteiger partial charge >= 0.3 is 0 Å². The van der Waals surface area contributed by atoms with Crippen molar-refractivity contribution in [2.45, 2.75) is 31.8 Å².